The first kappa shape index (κ1) is 13.3. The van der Waals surface area contributed by atoms with Crippen molar-refractivity contribution in [2.75, 3.05) is 6.54 Å². The Labute approximate surface area is 123 Å². The molecule has 2 aromatic rings. The van der Waals surface area contributed by atoms with Crippen LogP contribution in [0.3, 0.4) is 0 Å². The number of hydrogen-bond acceptors (Lipinski definition) is 3. The Morgan fingerprint density at radius 1 is 1.30 bits per heavy atom. The van der Waals surface area contributed by atoms with E-state index < -0.39 is 0 Å². The topological polar surface area (TPSA) is 33.2 Å². The van der Waals surface area contributed by atoms with Crippen LogP contribution in [-0.2, 0) is 13.0 Å². The zero-order chi connectivity index (χ0) is 14.1. The van der Waals surface area contributed by atoms with Gasteiger partial charge in [-0.15, -0.1) is 11.3 Å². The van der Waals surface area contributed by atoms with Gasteiger partial charge in [0.25, 0.3) is 5.91 Å². The fourth-order valence-corrected chi connectivity index (χ4v) is 3.29. The van der Waals surface area contributed by atoms with Crippen molar-refractivity contribution in [3.8, 4) is 0 Å². The first-order valence-corrected chi connectivity index (χ1v) is 7.84. The Bertz CT molecular complexity index is 633. The summed E-state index contributed by atoms with van der Waals surface area (Å²) in [6, 6.07) is 8.35. The van der Waals surface area contributed by atoms with Crippen molar-refractivity contribution in [2.24, 2.45) is 0 Å². The summed E-state index contributed by atoms with van der Waals surface area (Å²) in [7, 11) is 0. The summed E-state index contributed by atoms with van der Waals surface area (Å²) in [6.45, 7) is 5.68. The maximum atomic E-state index is 12.5. The number of thiazole rings is 1. The minimum Gasteiger partial charge on any atom is -0.333 e. The van der Waals surface area contributed by atoms with Crippen molar-refractivity contribution in [2.45, 2.75) is 32.7 Å². The Hall–Kier alpha value is -1.68. The van der Waals surface area contributed by atoms with Crippen LogP contribution in [0.25, 0.3) is 0 Å². The van der Waals surface area contributed by atoms with Gasteiger partial charge in [0, 0.05) is 24.4 Å². The second-order valence-corrected chi connectivity index (χ2v) is 6.36. The maximum absolute atomic E-state index is 12.5. The van der Waals surface area contributed by atoms with Crippen molar-refractivity contribution in [1.29, 1.82) is 0 Å². The molecule has 104 valence electrons. The summed E-state index contributed by atoms with van der Waals surface area (Å²) in [4.78, 5) is 18.9. The molecule has 0 saturated carbocycles. The number of aromatic nitrogens is 1. The Kier molecular flexibility index (Phi) is 3.57. The molecule has 0 N–H and O–H groups in total. The molecule has 3 nitrogen and oxygen atoms in total. The quantitative estimate of drug-likeness (QED) is 0.847. The van der Waals surface area contributed by atoms with Crippen LogP contribution < -0.4 is 0 Å². The van der Waals surface area contributed by atoms with E-state index in [1.54, 1.807) is 11.3 Å². The van der Waals surface area contributed by atoms with Crippen molar-refractivity contribution in [3.05, 3.63) is 51.5 Å². The molecule has 3 rings (SSSR count). The molecule has 1 aliphatic rings. The molecule has 20 heavy (non-hydrogen) atoms. The lowest BCUT2D eigenvalue weighted by atomic mass is 10.00. The Morgan fingerprint density at radius 2 is 2.05 bits per heavy atom. The van der Waals surface area contributed by atoms with Gasteiger partial charge in [-0.1, -0.05) is 38.1 Å². The average Bonchev–Trinajstić information content (AvgIpc) is 2.96. The van der Waals surface area contributed by atoms with Gasteiger partial charge in [0.15, 0.2) is 0 Å². The highest BCUT2D eigenvalue weighted by Gasteiger charge is 2.23. The first-order chi connectivity index (χ1) is 9.65. The second kappa shape index (κ2) is 5.37. The average molecular weight is 286 g/mol. The Balaban J connectivity index is 1.78. The molecule has 1 aromatic heterocycles. The van der Waals surface area contributed by atoms with Crippen LogP contribution in [0.1, 0.15) is 46.4 Å². The highest BCUT2D eigenvalue weighted by atomic mass is 32.1. The van der Waals surface area contributed by atoms with Crippen LogP contribution in [0.4, 0.5) is 0 Å². The molecule has 0 spiro atoms. The summed E-state index contributed by atoms with van der Waals surface area (Å²) in [5, 5.41) is 2.92. The van der Waals surface area contributed by atoms with Crippen LogP contribution in [0.5, 0.6) is 0 Å². The number of fused-ring (bicyclic) bond motifs is 1. The fraction of sp³-hybridized carbons (Fsp3) is 0.375. The van der Waals surface area contributed by atoms with Crippen molar-refractivity contribution < 1.29 is 4.79 Å². The number of benzene rings is 1. The van der Waals surface area contributed by atoms with Crippen LogP contribution in [0.15, 0.2) is 29.6 Å². The van der Waals surface area contributed by atoms with Crippen LogP contribution in [-0.4, -0.2) is 22.3 Å². The van der Waals surface area contributed by atoms with Gasteiger partial charge in [-0.05, 0) is 17.5 Å². The van der Waals surface area contributed by atoms with E-state index in [4.69, 9.17) is 0 Å². The van der Waals surface area contributed by atoms with Gasteiger partial charge in [-0.25, -0.2) is 4.98 Å². The van der Waals surface area contributed by atoms with E-state index in [9.17, 15) is 4.79 Å². The molecule has 0 bridgehead atoms. The zero-order valence-electron chi connectivity index (χ0n) is 11.8. The molecule has 0 unspecified atom stereocenters. The molecular formula is C16H18N2OS. The predicted octanol–water partition coefficient (Wildman–Crippen LogP) is 3.47. The molecule has 0 saturated heterocycles. The molecule has 0 fully saturated rings. The molecule has 1 aliphatic heterocycles. The number of amides is 1. The first-order valence-electron chi connectivity index (χ1n) is 6.96. The molecule has 0 radical (unpaired) electrons. The summed E-state index contributed by atoms with van der Waals surface area (Å²) in [5.41, 5.74) is 3.21. The SMILES string of the molecule is CC(C)c1nc(C(=O)N2CCc3ccccc3C2)cs1. The van der Waals surface area contributed by atoms with Gasteiger partial charge in [0.1, 0.15) is 5.69 Å². The second-order valence-electron chi connectivity index (χ2n) is 5.47. The summed E-state index contributed by atoms with van der Waals surface area (Å²) < 4.78 is 0. The smallest absolute Gasteiger partial charge is 0.273 e. The molecule has 1 amide bonds. The van der Waals surface area contributed by atoms with Crippen molar-refractivity contribution in [1.82, 2.24) is 9.88 Å². The van der Waals surface area contributed by atoms with Crippen LogP contribution >= 0.6 is 11.3 Å². The largest absolute Gasteiger partial charge is 0.333 e. The number of rotatable bonds is 2. The lowest BCUT2D eigenvalue weighted by molar-refractivity contribution is 0.0729. The van der Waals surface area contributed by atoms with E-state index in [0.717, 1.165) is 18.0 Å². The van der Waals surface area contributed by atoms with Gasteiger partial charge >= 0.3 is 0 Å². The van der Waals surface area contributed by atoms with E-state index >= 15 is 0 Å². The van der Waals surface area contributed by atoms with E-state index in [1.807, 2.05) is 16.3 Å². The highest BCUT2D eigenvalue weighted by Crippen LogP contribution is 2.23. The normalized spacial score (nSPS) is 14.4. The summed E-state index contributed by atoms with van der Waals surface area (Å²) in [6.07, 6.45) is 0.934. The molecule has 0 atom stereocenters. The van der Waals surface area contributed by atoms with E-state index in [2.05, 4.69) is 37.0 Å². The van der Waals surface area contributed by atoms with Crippen LogP contribution in [0.2, 0.25) is 0 Å². The fourth-order valence-electron chi connectivity index (χ4n) is 2.48. The van der Waals surface area contributed by atoms with E-state index in [1.165, 1.54) is 11.1 Å². The van der Waals surface area contributed by atoms with Gasteiger partial charge in [-0.2, -0.15) is 0 Å². The van der Waals surface area contributed by atoms with Gasteiger partial charge in [-0.3, -0.25) is 4.79 Å². The van der Waals surface area contributed by atoms with Gasteiger partial charge in [0.2, 0.25) is 0 Å². The van der Waals surface area contributed by atoms with Crippen molar-refractivity contribution in [3.63, 3.8) is 0 Å². The molecule has 1 aromatic carbocycles. The number of hydrogen-bond donors (Lipinski definition) is 0. The molecule has 4 heteroatoms. The summed E-state index contributed by atoms with van der Waals surface area (Å²) >= 11 is 1.58. The third kappa shape index (κ3) is 2.48. The van der Waals surface area contributed by atoms with Crippen LogP contribution in [0, 0.1) is 0 Å². The van der Waals surface area contributed by atoms with E-state index in [0.29, 0.717) is 18.2 Å². The Morgan fingerprint density at radius 3 is 2.75 bits per heavy atom. The maximum Gasteiger partial charge on any atom is 0.273 e. The third-order valence-corrected chi connectivity index (χ3v) is 4.80. The number of carbonyl (C=O) groups excluding carboxylic acids is 1. The predicted molar refractivity (Wildman–Crippen MR) is 81.1 cm³/mol. The standard InChI is InChI=1S/C16H18N2OS/c1-11(2)15-17-14(10-20-15)16(19)18-8-7-12-5-3-4-6-13(12)9-18/h3-6,10-11H,7-9H2,1-2H3. The summed E-state index contributed by atoms with van der Waals surface area (Å²) in [5.74, 6) is 0.436. The third-order valence-electron chi connectivity index (χ3n) is 3.65. The van der Waals surface area contributed by atoms with Gasteiger partial charge in [0.05, 0.1) is 5.01 Å². The van der Waals surface area contributed by atoms with Gasteiger partial charge < -0.3 is 4.90 Å². The monoisotopic (exact) mass is 286 g/mol. The molecule has 0 aliphatic carbocycles. The lowest BCUT2D eigenvalue weighted by Crippen LogP contribution is -2.36. The minimum absolute atomic E-state index is 0.0580. The molecular weight excluding hydrogens is 268 g/mol. The highest BCUT2D eigenvalue weighted by molar-refractivity contribution is 7.09. The minimum atomic E-state index is 0.0580. The number of carbonyl (C=O) groups is 1. The van der Waals surface area contributed by atoms with E-state index in [-0.39, 0.29) is 5.91 Å². The molecule has 2 heterocycles. The lowest BCUT2D eigenvalue weighted by Gasteiger charge is -2.28. The zero-order valence-corrected chi connectivity index (χ0v) is 12.6. The number of nitrogens with zero attached hydrogens (tertiary/aromatic N) is 2. The van der Waals surface area contributed by atoms with Crippen molar-refractivity contribution >= 4 is 17.2 Å².